The smallest absolute Gasteiger partial charge is 0.242 e. The van der Waals surface area contributed by atoms with Crippen LogP contribution in [-0.4, -0.2) is 59.7 Å². The molecule has 3 fully saturated rings. The highest BCUT2D eigenvalue weighted by atomic mass is 16.5. The number of carbonyl (C=O) groups excluding carboxylic acids is 1. The first kappa shape index (κ1) is 14.9. The Morgan fingerprint density at radius 3 is 2.74 bits per heavy atom. The van der Waals surface area contributed by atoms with Gasteiger partial charge in [-0.05, 0) is 19.3 Å². The zero-order chi connectivity index (χ0) is 15.6. The summed E-state index contributed by atoms with van der Waals surface area (Å²) in [6.45, 7) is 3.66. The molecule has 0 N–H and O–H groups in total. The minimum absolute atomic E-state index is 0.243. The van der Waals surface area contributed by atoms with E-state index in [4.69, 9.17) is 4.74 Å². The van der Waals surface area contributed by atoms with E-state index in [9.17, 15) is 4.79 Å². The summed E-state index contributed by atoms with van der Waals surface area (Å²) in [4.78, 5) is 25.5. The molecule has 1 aliphatic carbocycles. The first-order valence-corrected chi connectivity index (χ1v) is 8.75. The number of piperazine rings is 1. The summed E-state index contributed by atoms with van der Waals surface area (Å²) in [5, 5.41) is 0. The molecule has 1 atom stereocenters. The maximum atomic E-state index is 12.5. The summed E-state index contributed by atoms with van der Waals surface area (Å²) in [5.41, 5.74) is 1.04. The fourth-order valence-electron chi connectivity index (χ4n) is 4.01. The molecule has 0 bridgehead atoms. The second kappa shape index (κ2) is 6.43. The van der Waals surface area contributed by atoms with Crippen molar-refractivity contribution in [3.63, 3.8) is 0 Å². The summed E-state index contributed by atoms with van der Waals surface area (Å²) >= 11 is 0. The molecule has 1 aromatic rings. The van der Waals surface area contributed by atoms with Crippen molar-refractivity contribution in [2.24, 2.45) is 0 Å². The maximum Gasteiger partial charge on any atom is 0.242 e. The van der Waals surface area contributed by atoms with Gasteiger partial charge in [-0.2, -0.15) is 0 Å². The van der Waals surface area contributed by atoms with E-state index >= 15 is 0 Å². The van der Waals surface area contributed by atoms with E-state index in [1.165, 1.54) is 25.7 Å². The van der Waals surface area contributed by atoms with Gasteiger partial charge < -0.3 is 14.5 Å². The third-order valence-corrected chi connectivity index (χ3v) is 5.37. The lowest BCUT2D eigenvalue weighted by Crippen LogP contribution is -2.53. The summed E-state index contributed by atoms with van der Waals surface area (Å²) in [6.07, 6.45) is 7.51. The van der Waals surface area contributed by atoms with E-state index in [0.29, 0.717) is 18.5 Å². The molecule has 6 heteroatoms. The Morgan fingerprint density at radius 2 is 2.00 bits per heavy atom. The van der Waals surface area contributed by atoms with E-state index in [-0.39, 0.29) is 5.91 Å². The molecule has 6 nitrogen and oxygen atoms in total. The Kier molecular flexibility index (Phi) is 4.16. The van der Waals surface area contributed by atoms with Crippen molar-refractivity contribution >= 4 is 11.7 Å². The SMILES string of the molecule is O=C1CN(c2cc([C@@H]3CCOC3)ncn2)CCN1C1CCCC1. The van der Waals surface area contributed by atoms with Crippen LogP contribution in [0.25, 0.3) is 0 Å². The lowest BCUT2D eigenvalue weighted by molar-refractivity contribution is -0.133. The van der Waals surface area contributed by atoms with Crippen LogP contribution in [0.3, 0.4) is 0 Å². The molecule has 0 aromatic carbocycles. The van der Waals surface area contributed by atoms with Crippen LogP contribution in [0.2, 0.25) is 0 Å². The first-order valence-electron chi connectivity index (χ1n) is 8.75. The molecule has 0 spiro atoms. The van der Waals surface area contributed by atoms with Crippen LogP contribution in [-0.2, 0) is 9.53 Å². The normalized spacial score (nSPS) is 26.3. The summed E-state index contributed by atoms with van der Waals surface area (Å²) in [6, 6.07) is 2.51. The molecule has 1 amide bonds. The van der Waals surface area contributed by atoms with Gasteiger partial charge in [-0.15, -0.1) is 0 Å². The molecule has 1 aromatic heterocycles. The van der Waals surface area contributed by atoms with Crippen LogP contribution >= 0.6 is 0 Å². The van der Waals surface area contributed by atoms with Crippen LogP contribution in [0.1, 0.15) is 43.7 Å². The number of nitrogens with zero attached hydrogens (tertiary/aromatic N) is 4. The van der Waals surface area contributed by atoms with E-state index in [1.807, 2.05) is 6.07 Å². The van der Waals surface area contributed by atoms with Gasteiger partial charge in [0.05, 0.1) is 18.8 Å². The molecule has 2 saturated heterocycles. The van der Waals surface area contributed by atoms with Crippen molar-refractivity contribution in [1.29, 1.82) is 0 Å². The predicted molar refractivity (Wildman–Crippen MR) is 86.4 cm³/mol. The van der Waals surface area contributed by atoms with Crippen molar-refractivity contribution in [1.82, 2.24) is 14.9 Å². The largest absolute Gasteiger partial charge is 0.381 e. The molecule has 23 heavy (non-hydrogen) atoms. The molecule has 4 rings (SSSR count). The molecule has 0 unspecified atom stereocenters. The van der Waals surface area contributed by atoms with E-state index < -0.39 is 0 Å². The number of ether oxygens (including phenoxy) is 1. The Balaban J connectivity index is 1.45. The number of amides is 1. The van der Waals surface area contributed by atoms with Gasteiger partial charge in [-0.1, -0.05) is 12.8 Å². The quantitative estimate of drug-likeness (QED) is 0.847. The highest BCUT2D eigenvalue weighted by Gasteiger charge is 2.32. The minimum Gasteiger partial charge on any atom is -0.381 e. The molecule has 124 valence electrons. The topological polar surface area (TPSA) is 58.6 Å². The molecule has 2 aliphatic heterocycles. The Hall–Kier alpha value is -1.69. The van der Waals surface area contributed by atoms with Crippen LogP contribution < -0.4 is 4.90 Å². The molecule has 3 heterocycles. The standard InChI is InChI=1S/C17H24N4O2/c22-17-10-20(6-7-21(17)14-3-1-2-4-14)16-9-15(18-12-19-16)13-5-8-23-11-13/h9,12-14H,1-8,10-11H2/t13-/m1/s1. The van der Waals surface area contributed by atoms with Gasteiger partial charge in [-0.25, -0.2) is 9.97 Å². The Morgan fingerprint density at radius 1 is 1.13 bits per heavy atom. The third kappa shape index (κ3) is 3.04. The fourth-order valence-corrected chi connectivity index (χ4v) is 4.01. The second-order valence-corrected chi connectivity index (χ2v) is 6.81. The number of hydrogen-bond donors (Lipinski definition) is 0. The average molecular weight is 316 g/mol. The number of hydrogen-bond acceptors (Lipinski definition) is 5. The highest BCUT2D eigenvalue weighted by Crippen LogP contribution is 2.28. The van der Waals surface area contributed by atoms with Gasteiger partial charge in [0.25, 0.3) is 0 Å². The van der Waals surface area contributed by atoms with Crippen molar-refractivity contribution in [2.45, 2.75) is 44.1 Å². The zero-order valence-electron chi connectivity index (χ0n) is 13.5. The molecular weight excluding hydrogens is 292 g/mol. The maximum absolute atomic E-state index is 12.5. The monoisotopic (exact) mass is 316 g/mol. The zero-order valence-corrected chi connectivity index (χ0v) is 13.5. The van der Waals surface area contributed by atoms with Gasteiger partial charge in [0.1, 0.15) is 12.1 Å². The number of carbonyl (C=O) groups is 1. The van der Waals surface area contributed by atoms with Gasteiger partial charge in [0.15, 0.2) is 0 Å². The summed E-state index contributed by atoms with van der Waals surface area (Å²) in [5.74, 6) is 1.49. The first-order chi connectivity index (χ1) is 11.3. The molecule has 1 saturated carbocycles. The van der Waals surface area contributed by atoms with Crippen molar-refractivity contribution in [3.8, 4) is 0 Å². The number of anilines is 1. The third-order valence-electron chi connectivity index (χ3n) is 5.37. The molecule has 0 radical (unpaired) electrons. The van der Waals surface area contributed by atoms with E-state index in [0.717, 1.165) is 44.2 Å². The highest BCUT2D eigenvalue weighted by molar-refractivity contribution is 5.82. The number of rotatable bonds is 3. The van der Waals surface area contributed by atoms with Crippen LogP contribution in [0, 0.1) is 0 Å². The van der Waals surface area contributed by atoms with Crippen molar-refractivity contribution in [2.75, 3.05) is 37.7 Å². The minimum atomic E-state index is 0.243. The second-order valence-electron chi connectivity index (χ2n) is 6.81. The van der Waals surface area contributed by atoms with Crippen molar-refractivity contribution in [3.05, 3.63) is 18.1 Å². The summed E-state index contributed by atoms with van der Waals surface area (Å²) < 4.78 is 5.45. The average Bonchev–Trinajstić information content (AvgIpc) is 3.28. The van der Waals surface area contributed by atoms with Crippen LogP contribution in [0.4, 0.5) is 5.82 Å². The molecule has 3 aliphatic rings. The predicted octanol–water partition coefficient (Wildman–Crippen LogP) is 1.57. The van der Waals surface area contributed by atoms with Gasteiger partial charge in [-0.3, -0.25) is 4.79 Å². The lowest BCUT2D eigenvalue weighted by atomic mass is 10.0. The Bertz CT molecular complexity index is 567. The Labute approximate surface area is 136 Å². The summed E-state index contributed by atoms with van der Waals surface area (Å²) in [7, 11) is 0. The van der Waals surface area contributed by atoms with Crippen LogP contribution in [0.15, 0.2) is 12.4 Å². The van der Waals surface area contributed by atoms with Crippen molar-refractivity contribution < 1.29 is 9.53 Å². The lowest BCUT2D eigenvalue weighted by Gasteiger charge is -2.38. The van der Waals surface area contributed by atoms with Gasteiger partial charge in [0, 0.05) is 37.7 Å². The fraction of sp³-hybridized carbons (Fsp3) is 0.706. The van der Waals surface area contributed by atoms with Crippen LogP contribution in [0.5, 0.6) is 0 Å². The number of aromatic nitrogens is 2. The van der Waals surface area contributed by atoms with E-state index in [1.54, 1.807) is 6.33 Å². The molecular formula is C17H24N4O2. The van der Waals surface area contributed by atoms with Gasteiger partial charge in [0.2, 0.25) is 5.91 Å². The van der Waals surface area contributed by atoms with E-state index in [2.05, 4.69) is 19.8 Å². The van der Waals surface area contributed by atoms with Gasteiger partial charge >= 0.3 is 0 Å².